The van der Waals surface area contributed by atoms with E-state index in [2.05, 4.69) is 42.2 Å². The van der Waals surface area contributed by atoms with Crippen molar-refractivity contribution in [2.75, 3.05) is 17.6 Å². The van der Waals surface area contributed by atoms with E-state index < -0.39 is 11.6 Å². The van der Waals surface area contributed by atoms with Crippen molar-refractivity contribution in [1.82, 2.24) is 4.98 Å². The van der Waals surface area contributed by atoms with Gasteiger partial charge >= 0.3 is 0 Å². The smallest absolute Gasteiger partial charge is 0.217 e. The summed E-state index contributed by atoms with van der Waals surface area (Å²) < 4.78 is 1.12. The van der Waals surface area contributed by atoms with Gasteiger partial charge in [-0.15, -0.1) is 0 Å². The van der Waals surface area contributed by atoms with Crippen LogP contribution in [0.2, 0.25) is 0 Å². The van der Waals surface area contributed by atoms with E-state index in [0.29, 0.717) is 20.5 Å². The number of Topliss-reactive ketones (excluding diaryl/α,β-unsaturated/α-hetero) is 2. The van der Waals surface area contributed by atoms with Gasteiger partial charge in [-0.3, -0.25) is 9.59 Å². The molecule has 7 heteroatoms. The second kappa shape index (κ2) is 6.11. The lowest BCUT2D eigenvalue weighted by Crippen LogP contribution is -2.22. The molecule has 0 spiro atoms. The van der Waals surface area contributed by atoms with E-state index in [4.69, 9.17) is 5.73 Å². The third-order valence-electron chi connectivity index (χ3n) is 2.08. The molecule has 5 nitrogen and oxygen atoms in total. The Morgan fingerprint density at radius 1 is 1.41 bits per heavy atom. The first-order valence-corrected chi connectivity index (χ1v) is 6.45. The number of carbonyl (C=O) groups excluding carboxylic acids is 2. The standard InChI is InChI=1S/C10H11Br2N3O2/c1-2-6(16)7(17)4-14-9-5(11)3-15-10(12)8(9)13/h3H,2,4,13H2,1H3,(H,14,15). The lowest BCUT2D eigenvalue weighted by Gasteiger charge is -2.11. The van der Waals surface area contributed by atoms with Gasteiger partial charge < -0.3 is 11.1 Å². The summed E-state index contributed by atoms with van der Waals surface area (Å²) in [6.45, 7) is 1.57. The van der Waals surface area contributed by atoms with Gasteiger partial charge in [0.2, 0.25) is 5.78 Å². The molecule has 1 aromatic rings. The first-order chi connectivity index (χ1) is 7.97. The summed E-state index contributed by atoms with van der Waals surface area (Å²) in [6, 6.07) is 0. The number of nitrogens with one attached hydrogen (secondary N) is 1. The second-order valence-electron chi connectivity index (χ2n) is 3.24. The summed E-state index contributed by atoms with van der Waals surface area (Å²) in [5.41, 5.74) is 6.71. The van der Waals surface area contributed by atoms with Crippen molar-refractivity contribution >= 4 is 54.8 Å². The molecule has 1 heterocycles. The van der Waals surface area contributed by atoms with Gasteiger partial charge in [0.05, 0.1) is 22.4 Å². The van der Waals surface area contributed by atoms with Crippen molar-refractivity contribution in [2.45, 2.75) is 13.3 Å². The number of nitrogens with two attached hydrogens (primary N) is 1. The van der Waals surface area contributed by atoms with Gasteiger partial charge in [0.25, 0.3) is 0 Å². The molecule has 0 fully saturated rings. The topological polar surface area (TPSA) is 85.1 Å². The third kappa shape index (κ3) is 3.50. The van der Waals surface area contributed by atoms with E-state index in [9.17, 15) is 9.59 Å². The number of carbonyl (C=O) groups is 2. The van der Waals surface area contributed by atoms with E-state index >= 15 is 0 Å². The van der Waals surface area contributed by atoms with Crippen molar-refractivity contribution in [3.8, 4) is 0 Å². The van der Waals surface area contributed by atoms with E-state index in [0.717, 1.165) is 0 Å². The van der Waals surface area contributed by atoms with E-state index in [1.807, 2.05) is 0 Å². The number of ketones is 2. The Hall–Kier alpha value is -0.950. The highest BCUT2D eigenvalue weighted by Gasteiger charge is 2.14. The Morgan fingerprint density at radius 2 is 2.06 bits per heavy atom. The number of rotatable bonds is 5. The maximum Gasteiger partial charge on any atom is 0.217 e. The first kappa shape index (κ1) is 14.1. The molecule has 3 N–H and O–H groups in total. The van der Waals surface area contributed by atoms with Gasteiger partial charge in [-0.1, -0.05) is 6.92 Å². The Morgan fingerprint density at radius 3 is 2.65 bits per heavy atom. The molecular weight excluding hydrogens is 354 g/mol. The zero-order valence-corrected chi connectivity index (χ0v) is 12.3. The number of aromatic nitrogens is 1. The molecule has 0 radical (unpaired) electrons. The zero-order valence-electron chi connectivity index (χ0n) is 9.09. The highest BCUT2D eigenvalue weighted by atomic mass is 79.9. The summed E-state index contributed by atoms with van der Waals surface area (Å²) in [5.74, 6) is -0.868. The summed E-state index contributed by atoms with van der Waals surface area (Å²) in [7, 11) is 0. The SMILES string of the molecule is CCC(=O)C(=O)CNc1c(Br)cnc(Br)c1N. The number of nitrogens with zero attached hydrogens (tertiary/aromatic N) is 1. The Kier molecular flexibility index (Phi) is 5.07. The number of hydrogen-bond acceptors (Lipinski definition) is 5. The molecule has 0 saturated carbocycles. The predicted octanol–water partition coefficient (Wildman–Crippen LogP) is 2.15. The minimum atomic E-state index is -0.466. The molecule has 0 bridgehead atoms. The Labute approximate surface area is 115 Å². The summed E-state index contributed by atoms with van der Waals surface area (Å²) >= 11 is 6.44. The second-order valence-corrected chi connectivity index (χ2v) is 4.84. The van der Waals surface area contributed by atoms with E-state index in [-0.39, 0.29) is 13.0 Å². The van der Waals surface area contributed by atoms with E-state index in [1.165, 1.54) is 0 Å². The Balaban J connectivity index is 2.80. The van der Waals surface area contributed by atoms with Crippen molar-refractivity contribution in [2.24, 2.45) is 0 Å². The molecule has 0 amide bonds. The monoisotopic (exact) mass is 363 g/mol. The summed E-state index contributed by atoms with van der Waals surface area (Å²) in [6.07, 6.45) is 1.76. The van der Waals surface area contributed by atoms with Crippen LogP contribution in [0.15, 0.2) is 15.3 Å². The van der Waals surface area contributed by atoms with Crippen molar-refractivity contribution in [3.63, 3.8) is 0 Å². The molecule has 92 valence electrons. The highest BCUT2D eigenvalue weighted by molar-refractivity contribution is 9.11. The lowest BCUT2D eigenvalue weighted by atomic mass is 10.2. The van der Waals surface area contributed by atoms with Gasteiger partial charge in [-0.2, -0.15) is 0 Å². The van der Waals surface area contributed by atoms with Crippen LogP contribution in [0.4, 0.5) is 11.4 Å². The van der Waals surface area contributed by atoms with Crippen LogP contribution in [0, 0.1) is 0 Å². The van der Waals surface area contributed by atoms with Gasteiger partial charge in [0.15, 0.2) is 5.78 Å². The summed E-state index contributed by atoms with van der Waals surface area (Å²) in [4.78, 5) is 26.4. The Bertz CT molecular complexity index is 463. The van der Waals surface area contributed by atoms with E-state index in [1.54, 1.807) is 13.1 Å². The van der Waals surface area contributed by atoms with Crippen molar-refractivity contribution in [1.29, 1.82) is 0 Å². The first-order valence-electron chi connectivity index (χ1n) is 4.86. The van der Waals surface area contributed by atoms with Gasteiger partial charge in [-0.05, 0) is 31.9 Å². The molecule has 1 aromatic heterocycles. The molecule has 0 aliphatic carbocycles. The van der Waals surface area contributed by atoms with Crippen LogP contribution in [-0.4, -0.2) is 23.1 Å². The number of nitrogen functional groups attached to an aromatic ring is 1. The fraction of sp³-hybridized carbons (Fsp3) is 0.300. The van der Waals surface area contributed by atoms with Gasteiger partial charge in [0, 0.05) is 12.6 Å². The predicted molar refractivity (Wildman–Crippen MR) is 72.8 cm³/mol. The fourth-order valence-corrected chi connectivity index (χ4v) is 1.88. The molecule has 0 saturated heterocycles. The minimum Gasteiger partial charge on any atom is -0.395 e. The molecule has 0 atom stereocenters. The maximum atomic E-state index is 11.4. The van der Waals surface area contributed by atoms with Crippen LogP contribution in [0.5, 0.6) is 0 Å². The van der Waals surface area contributed by atoms with Crippen LogP contribution in [0.3, 0.4) is 0 Å². The quantitative estimate of drug-likeness (QED) is 0.617. The molecule has 17 heavy (non-hydrogen) atoms. The lowest BCUT2D eigenvalue weighted by molar-refractivity contribution is -0.135. The zero-order chi connectivity index (χ0) is 13.0. The summed E-state index contributed by atoms with van der Waals surface area (Å²) in [5, 5.41) is 2.82. The molecule has 0 aliphatic rings. The van der Waals surface area contributed by atoms with Crippen LogP contribution in [0.1, 0.15) is 13.3 Å². The molecule has 0 unspecified atom stereocenters. The molecule has 0 aromatic carbocycles. The highest BCUT2D eigenvalue weighted by Crippen LogP contribution is 2.32. The molecule has 0 aliphatic heterocycles. The van der Waals surface area contributed by atoms with Gasteiger partial charge in [-0.25, -0.2) is 4.98 Å². The number of hydrogen-bond donors (Lipinski definition) is 2. The largest absolute Gasteiger partial charge is 0.395 e. The van der Waals surface area contributed by atoms with Crippen LogP contribution in [0.25, 0.3) is 0 Å². The van der Waals surface area contributed by atoms with Crippen molar-refractivity contribution in [3.05, 3.63) is 15.3 Å². The number of anilines is 2. The average Bonchev–Trinajstić information content (AvgIpc) is 2.32. The fourth-order valence-electron chi connectivity index (χ4n) is 1.12. The normalized spacial score (nSPS) is 10.1. The third-order valence-corrected chi connectivity index (χ3v) is 3.31. The van der Waals surface area contributed by atoms with Crippen molar-refractivity contribution < 1.29 is 9.59 Å². The molecular formula is C10H11Br2N3O2. The maximum absolute atomic E-state index is 11.4. The average molecular weight is 365 g/mol. The minimum absolute atomic E-state index is 0.0775. The van der Waals surface area contributed by atoms with Crippen LogP contribution in [-0.2, 0) is 9.59 Å². The molecule has 1 rings (SSSR count). The van der Waals surface area contributed by atoms with Crippen LogP contribution >= 0.6 is 31.9 Å². The number of pyridine rings is 1. The number of halogens is 2. The van der Waals surface area contributed by atoms with Crippen LogP contribution < -0.4 is 11.1 Å². The van der Waals surface area contributed by atoms with Gasteiger partial charge in [0.1, 0.15) is 4.60 Å².